The van der Waals surface area contributed by atoms with E-state index in [9.17, 15) is 9.59 Å². The van der Waals surface area contributed by atoms with E-state index in [4.69, 9.17) is 0 Å². The van der Waals surface area contributed by atoms with E-state index in [0.717, 1.165) is 23.2 Å². The molecule has 1 heterocycles. The molecule has 0 atom stereocenters. The predicted octanol–water partition coefficient (Wildman–Crippen LogP) is 2.95. The number of nitrogens with one attached hydrogen (secondary N) is 3. The fourth-order valence-electron chi connectivity index (χ4n) is 3.02. The van der Waals surface area contributed by atoms with Crippen molar-refractivity contribution < 1.29 is 9.59 Å². The number of amides is 3. The lowest BCUT2D eigenvalue weighted by Crippen LogP contribution is -2.32. The second-order valence-electron chi connectivity index (χ2n) is 7.04. The van der Waals surface area contributed by atoms with Crippen molar-refractivity contribution in [2.45, 2.75) is 39.8 Å². The fourth-order valence-corrected chi connectivity index (χ4v) is 3.02. The lowest BCUT2D eigenvalue weighted by molar-refractivity contribution is 0.0943. The van der Waals surface area contributed by atoms with E-state index in [1.165, 1.54) is 0 Å². The van der Waals surface area contributed by atoms with Crippen molar-refractivity contribution in [3.05, 3.63) is 53.6 Å². The average molecular weight is 394 g/mol. The molecule has 0 saturated heterocycles. The lowest BCUT2D eigenvalue weighted by atomic mass is 10.1. The number of carbonyl (C=O) groups excluding carboxylic acids is 2. The Bertz CT molecular complexity index is 1010. The second-order valence-corrected chi connectivity index (χ2v) is 7.04. The molecule has 3 N–H and O–H groups in total. The number of benzene rings is 2. The van der Waals surface area contributed by atoms with Gasteiger partial charge < -0.3 is 16.0 Å². The van der Waals surface area contributed by atoms with Gasteiger partial charge in [-0.05, 0) is 50.1 Å². The highest BCUT2D eigenvalue weighted by atomic mass is 16.2. The molecule has 0 bridgehead atoms. The first-order chi connectivity index (χ1) is 14.0. The molecule has 152 valence electrons. The van der Waals surface area contributed by atoms with Gasteiger partial charge in [-0.25, -0.2) is 9.48 Å². The van der Waals surface area contributed by atoms with Crippen molar-refractivity contribution >= 4 is 28.7 Å². The number of aryl methyl sites for hydroxylation is 1. The number of rotatable bonds is 7. The van der Waals surface area contributed by atoms with Gasteiger partial charge >= 0.3 is 6.03 Å². The first-order valence-corrected chi connectivity index (χ1v) is 9.74. The Kier molecular flexibility index (Phi) is 6.43. The summed E-state index contributed by atoms with van der Waals surface area (Å²) in [5.74, 6) is -0.137. The van der Waals surface area contributed by atoms with Crippen LogP contribution in [0.25, 0.3) is 11.0 Å². The number of hydrogen-bond acceptors (Lipinski definition) is 4. The zero-order valence-electron chi connectivity index (χ0n) is 16.9. The summed E-state index contributed by atoms with van der Waals surface area (Å²) in [7, 11) is 0. The zero-order valence-corrected chi connectivity index (χ0v) is 16.9. The molecule has 29 heavy (non-hydrogen) atoms. The first-order valence-electron chi connectivity index (χ1n) is 9.74. The molecule has 0 radical (unpaired) electrons. The Balaban J connectivity index is 1.58. The molecule has 3 rings (SSSR count). The molecule has 0 spiro atoms. The van der Waals surface area contributed by atoms with Crippen LogP contribution in [0.4, 0.5) is 10.5 Å². The Morgan fingerprint density at radius 3 is 2.69 bits per heavy atom. The molecule has 0 aliphatic rings. The van der Waals surface area contributed by atoms with Crippen molar-refractivity contribution in [1.82, 2.24) is 25.6 Å². The Morgan fingerprint density at radius 2 is 1.93 bits per heavy atom. The van der Waals surface area contributed by atoms with E-state index in [-0.39, 0.29) is 18.0 Å². The molecule has 2 aromatic carbocycles. The van der Waals surface area contributed by atoms with Crippen LogP contribution in [0.1, 0.15) is 36.7 Å². The highest BCUT2D eigenvalue weighted by Crippen LogP contribution is 2.15. The van der Waals surface area contributed by atoms with Crippen molar-refractivity contribution in [1.29, 1.82) is 0 Å². The van der Waals surface area contributed by atoms with Crippen molar-refractivity contribution in [3.63, 3.8) is 0 Å². The van der Waals surface area contributed by atoms with Crippen LogP contribution < -0.4 is 16.0 Å². The topological polar surface area (TPSA) is 101 Å². The van der Waals surface area contributed by atoms with Crippen LogP contribution in [0, 0.1) is 0 Å². The predicted molar refractivity (Wildman–Crippen MR) is 113 cm³/mol. The number of fused-ring (bicyclic) bond motifs is 1. The Labute approximate surface area is 169 Å². The molecule has 0 saturated carbocycles. The van der Waals surface area contributed by atoms with Gasteiger partial charge in [-0.1, -0.05) is 30.3 Å². The van der Waals surface area contributed by atoms with E-state index in [2.05, 4.69) is 26.3 Å². The molecule has 3 aromatic rings. The van der Waals surface area contributed by atoms with E-state index < -0.39 is 0 Å². The Morgan fingerprint density at radius 1 is 1.14 bits per heavy atom. The van der Waals surface area contributed by atoms with Crippen LogP contribution in [-0.2, 0) is 13.0 Å². The molecule has 0 aliphatic heterocycles. The molecule has 3 amide bonds. The second kappa shape index (κ2) is 9.18. The molecule has 8 nitrogen and oxygen atoms in total. The number of aromatic nitrogens is 3. The third-order valence-corrected chi connectivity index (χ3v) is 4.45. The minimum Gasteiger partial charge on any atom is -0.350 e. The average Bonchev–Trinajstić information content (AvgIpc) is 3.10. The van der Waals surface area contributed by atoms with E-state index in [0.29, 0.717) is 24.2 Å². The minimum atomic E-state index is -0.261. The van der Waals surface area contributed by atoms with Crippen LogP contribution in [0.15, 0.2) is 42.5 Å². The van der Waals surface area contributed by atoms with E-state index in [1.807, 2.05) is 51.1 Å². The van der Waals surface area contributed by atoms with Gasteiger partial charge in [0.05, 0.1) is 12.1 Å². The third kappa shape index (κ3) is 5.10. The summed E-state index contributed by atoms with van der Waals surface area (Å²) in [6, 6.07) is 12.8. The van der Waals surface area contributed by atoms with Gasteiger partial charge in [0.15, 0.2) is 0 Å². The third-order valence-electron chi connectivity index (χ3n) is 4.45. The number of hydrogen-bond donors (Lipinski definition) is 3. The molecule has 0 aliphatic carbocycles. The van der Waals surface area contributed by atoms with Crippen LogP contribution in [0.3, 0.4) is 0 Å². The van der Waals surface area contributed by atoms with Crippen LogP contribution >= 0.6 is 0 Å². The maximum absolute atomic E-state index is 12.2. The van der Waals surface area contributed by atoms with E-state index in [1.54, 1.807) is 16.8 Å². The van der Waals surface area contributed by atoms with E-state index >= 15 is 0 Å². The molecular weight excluding hydrogens is 368 g/mol. The molecular formula is C21H26N6O2. The summed E-state index contributed by atoms with van der Waals surface area (Å²) in [6.07, 6.45) is 0.846. The quantitative estimate of drug-likeness (QED) is 0.573. The smallest absolute Gasteiger partial charge is 0.319 e. The van der Waals surface area contributed by atoms with Gasteiger partial charge in [-0.15, -0.1) is 5.10 Å². The normalized spacial score (nSPS) is 10.9. The number of para-hydroxylation sites is 1. The fraction of sp³-hybridized carbons (Fsp3) is 0.333. The summed E-state index contributed by atoms with van der Waals surface area (Å²) in [4.78, 5) is 24.3. The molecule has 0 fully saturated rings. The van der Waals surface area contributed by atoms with Crippen molar-refractivity contribution in [3.8, 4) is 0 Å². The summed E-state index contributed by atoms with van der Waals surface area (Å²) in [5.41, 5.74) is 3.89. The molecule has 8 heteroatoms. The number of carbonyl (C=O) groups is 2. The van der Waals surface area contributed by atoms with Crippen molar-refractivity contribution in [2.75, 3.05) is 11.9 Å². The number of nitrogens with zero attached hydrogens (tertiary/aromatic N) is 3. The summed E-state index contributed by atoms with van der Waals surface area (Å²) in [5, 5.41) is 16.8. The van der Waals surface area contributed by atoms with Gasteiger partial charge in [-0.3, -0.25) is 4.79 Å². The zero-order chi connectivity index (χ0) is 20.8. The molecule has 1 aromatic heterocycles. The summed E-state index contributed by atoms with van der Waals surface area (Å²) in [6.45, 7) is 6.74. The minimum absolute atomic E-state index is 0.0652. The van der Waals surface area contributed by atoms with Crippen LogP contribution in [0.5, 0.6) is 0 Å². The summed E-state index contributed by atoms with van der Waals surface area (Å²) >= 11 is 0. The number of anilines is 1. The number of urea groups is 1. The largest absolute Gasteiger partial charge is 0.350 e. The summed E-state index contributed by atoms with van der Waals surface area (Å²) < 4.78 is 1.71. The van der Waals surface area contributed by atoms with Gasteiger partial charge in [0, 0.05) is 23.8 Å². The lowest BCUT2D eigenvalue weighted by Gasteiger charge is -2.11. The van der Waals surface area contributed by atoms with Gasteiger partial charge in [-0.2, -0.15) is 0 Å². The monoisotopic (exact) mass is 394 g/mol. The van der Waals surface area contributed by atoms with Crippen molar-refractivity contribution in [2.24, 2.45) is 0 Å². The maximum atomic E-state index is 12.2. The van der Waals surface area contributed by atoms with Gasteiger partial charge in [0.2, 0.25) is 0 Å². The molecule has 0 unspecified atom stereocenters. The highest BCUT2D eigenvalue weighted by Gasteiger charge is 2.11. The first kappa shape index (κ1) is 20.3. The van der Waals surface area contributed by atoms with Crippen LogP contribution in [-0.4, -0.2) is 39.5 Å². The standard InChI is InChI=1S/C21H26N6O2/c1-4-15-7-5-6-8-17(15)24-21(29)22-11-12-27-19-10-9-16(13-18(19)25-26-27)20(28)23-14(2)3/h5-10,13-14H,4,11-12H2,1-3H3,(H,23,28)(H2,22,24,29). The highest BCUT2D eigenvalue weighted by molar-refractivity contribution is 5.97. The Hall–Kier alpha value is -3.42. The SMILES string of the molecule is CCc1ccccc1NC(=O)NCCn1nnc2cc(C(=O)NC(C)C)ccc21. The maximum Gasteiger partial charge on any atom is 0.319 e. The van der Waals surface area contributed by atoms with Gasteiger partial charge in [0.25, 0.3) is 5.91 Å². The van der Waals surface area contributed by atoms with Crippen LogP contribution in [0.2, 0.25) is 0 Å². The van der Waals surface area contributed by atoms with Gasteiger partial charge in [0.1, 0.15) is 5.52 Å².